The predicted octanol–water partition coefficient (Wildman–Crippen LogP) is 3.19. The van der Waals surface area contributed by atoms with Crippen LogP contribution in [0, 0.1) is 0 Å². The van der Waals surface area contributed by atoms with Gasteiger partial charge in [0.05, 0.1) is 29.5 Å². The van der Waals surface area contributed by atoms with E-state index in [0.29, 0.717) is 20.6 Å². The van der Waals surface area contributed by atoms with E-state index in [-0.39, 0.29) is 13.2 Å². The Labute approximate surface area is 176 Å². The highest BCUT2D eigenvalue weighted by Gasteiger charge is 2.14. The van der Waals surface area contributed by atoms with Gasteiger partial charge in [0.2, 0.25) is 0 Å². The first-order chi connectivity index (χ1) is 14.5. The van der Waals surface area contributed by atoms with Crippen molar-refractivity contribution in [3.05, 3.63) is 70.5 Å². The van der Waals surface area contributed by atoms with Gasteiger partial charge < -0.3 is 14.0 Å². The number of carbonyl (C=O) groups excluding carboxylic acids is 3. The minimum Gasteiger partial charge on any atom is -0.465 e. The van der Waals surface area contributed by atoms with Crippen LogP contribution in [0.2, 0.25) is 0 Å². The molecule has 1 heterocycles. The van der Waals surface area contributed by atoms with Gasteiger partial charge in [-0.3, -0.25) is 9.59 Å². The summed E-state index contributed by atoms with van der Waals surface area (Å²) in [5.41, 5.74) is 1.91. The number of aromatic nitrogens is 1. The monoisotopic (exact) mass is 424 g/mol. The number of methoxy groups -OCH3 is 1. The van der Waals surface area contributed by atoms with E-state index >= 15 is 0 Å². The second-order valence-corrected chi connectivity index (χ2v) is 7.15. The van der Waals surface area contributed by atoms with Crippen LogP contribution < -0.4 is 4.80 Å². The molecule has 1 aromatic heterocycles. The maximum Gasteiger partial charge on any atom is 0.337 e. The number of esters is 2. The summed E-state index contributed by atoms with van der Waals surface area (Å²) < 4.78 is 12.1. The summed E-state index contributed by atoms with van der Waals surface area (Å²) in [5, 5.41) is 0. The molecule has 1 amide bonds. The van der Waals surface area contributed by atoms with Gasteiger partial charge in [0.1, 0.15) is 6.54 Å². The Kier molecular flexibility index (Phi) is 6.92. The molecule has 0 saturated heterocycles. The molecular formula is C22H20N2O5S. The van der Waals surface area contributed by atoms with Crippen molar-refractivity contribution in [1.29, 1.82) is 0 Å². The maximum atomic E-state index is 12.4. The molecule has 3 rings (SSSR count). The first-order valence-corrected chi connectivity index (χ1v) is 10.0. The summed E-state index contributed by atoms with van der Waals surface area (Å²) in [4.78, 5) is 40.8. The lowest BCUT2D eigenvalue weighted by Crippen LogP contribution is -2.22. The van der Waals surface area contributed by atoms with Crippen LogP contribution in [0.15, 0.2) is 59.6 Å². The average molecular weight is 424 g/mol. The number of nitrogens with zero attached hydrogens (tertiary/aromatic N) is 2. The molecule has 0 aliphatic rings. The van der Waals surface area contributed by atoms with Crippen LogP contribution in [0.4, 0.5) is 0 Å². The zero-order valence-electron chi connectivity index (χ0n) is 16.5. The summed E-state index contributed by atoms with van der Waals surface area (Å²) in [6, 6.07) is 14.3. The molecule has 2 aromatic carbocycles. The van der Waals surface area contributed by atoms with E-state index in [1.54, 1.807) is 35.8 Å². The van der Waals surface area contributed by atoms with Crippen molar-refractivity contribution in [2.45, 2.75) is 13.5 Å². The fourth-order valence-electron chi connectivity index (χ4n) is 2.76. The number of rotatable bonds is 6. The smallest absolute Gasteiger partial charge is 0.337 e. The van der Waals surface area contributed by atoms with Gasteiger partial charge in [-0.2, -0.15) is 4.99 Å². The molecule has 0 fully saturated rings. The van der Waals surface area contributed by atoms with E-state index in [0.717, 1.165) is 5.56 Å². The number of ether oxygens (including phenoxy) is 2. The molecule has 0 atom stereocenters. The standard InChI is InChI=1S/C22H20N2O5S/c1-3-29-20(26)14-24-17-11-10-16(21(27)28-2)13-18(17)30-22(24)23-19(25)12-9-15-7-5-4-6-8-15/h4-13H,3,14H2,1-2H3/b12-9+,23-22?. The third kappa shape index (κ3) is 5.09. The number of hydrogen-bond donors (Lipinski definition) is 0. The van der Waals surface area contributed by atoms with Crippen molar-refractivity contribution in [1.82, 2.24) is 4.57 Å². The third-order valence-electron chi connectivity index (χ3n) is 4.12. The lowest BCUT2D eigenvalue weighted by Gasteiger charge is -2.05. The molecule has 0 N–H and O–H groups in total. The Morgan fingerprint density at radius 1 is 1.13 bits per heavy atom. The van der Waals surface area contributed by atoms with Crippen molar-refractivity contribution in [2.24, 2.45) is 4.99 Å². The molecule has 8 heteroatoms. The Morgan fingerprint density at radius 2 is 1.90 bits per heavy atom. The van der Waals surface area contributed by atoms with E-state index < -0.39 is 17.8 Å². The van der Waals surface area contributed by atoms with Crippen LogP contribution in [0.25, 0.3) is 16.3 Å². The summed E-state index contributed by atoms with van der Waals surface area (Å²) in [7, 11) is 1.31. The molecular weight excluding hydrogens is 404 g/mol. The minimum absolute atomic E-state index is 0.0973. The van der Waals surface area contributed by atoms with Crippen molar-refractivity contribution in [3.63, 3.8) is 0 Å². The average Bonchev–Trinajstić information content (AvgIpc) is 3.08. The van der Waals surface area contributed by atoms with Crippen molar-refractivity contribution < 1.29 is 23.9 Å². The highest BCUT2D eigenvalue weighted by atomic mass is 32.1. The van der Waals surface area contributed by atoms with E-state index in [9.17, 15) is 14.4 Å². The Balaban J connectivity index is 2.02. The number of hydrogen-bond acceptors (Lipinski definition) is 6. The van der Waals surface area contributed by atoms with E-state index in [4.69, 9.17) is 9.47 Å². The van der Waals surface area contributed by atoms with Crippen molar-refractivity contribution in [2.75, 3.05) is 13.7 Å². The Bertz CT molecular complexity index is 1180. The quantitative estimate of drug-likeness (QED) is 0.448. The zero-order valence-corrected chi connectivity index (χ0v) is 17.3. The topological polar surface area (TPSA) is 87.0 Å². The lowest BCUT2D eigenvalue weighted by atomic mass is 10.2. The molecule has 0 unspecified atom stereocenters. The lowest BCUT2D eigenvalue weighted by molar-refractivity contribution is -0.143. The van der Waals surface area contributed by atoms with Crippen LogP contribution >= 0.6 is 11.3 Å². The highest BCUT2D eigenvalue weighted by molar-refractivity contribution is 7.16. The molecule has 0 radical (unpaired) electrons. The van der Waals surface area contributed by atoms with Crippen molar-refractivity contribution >= 4 is 45.5 Å². The normalized spacial score (nSPS) is 11.7. The molecule has 154 valence electrons. The van der Waals surface area contributed by atoms with Gasteiger partial charge in [-0.15, -0.1) is 0 Å². The Morgan fingerprint density at radius 3 is 2.60 bits per heavy atom. The summed E-state index contributed by atoms with van der Waals surface area (Å²) in [6.07, 6.45) is 3.04. The first kappa shape index (κ1) is 21.2. The van der Waals surface area contributed by atoms with Gasteiger partial charge >= 0.3 is 11.9 Å². The molecule has 30 heavy (non-hydrogen) atoms. The van der Waals surface area contributed by atoms with E-state index in [1.807, 2.05) is 30.3 Å². The summed E-state index contributed by atoms with van der Waals surface area (Å²) in [6.45, 7) is 1.87. The molecule has 3 aromatic rings. The van der Waals surface area contributed by atoms with Crippen LogP contribution in [0.5, 0.6) is 0 Å². The zero-order chi connectivity index (χ0) is 21.5. The molecule has 7 nitrogen and oxygen atoms in total. The number of thiazole rings is 1. The minimum atomic E-state index is -0.470. The fraction of sp³-hybridized carbons (Fsp3) is 0.182. The predicted molar refractivity (Wildman–Crippen MR) is 114 cm³/mol. The fourth-order valence-corrected chi connectivity index (χ4v) is 3.83. The van der Waals surface area contributed by atoms with Gasteiger partial charge in [0.15, 0.2) is 4.80 Å². The van der Waals surface area contributed by atoms with Crippen LogP contribution in [-0.4, -0.2) is 36.1 Å². The van der Waals surface area contributed by atoms with Gasteiger partial charge in [0, 0.05) is 6.08 Å². The van der Waals surface area contributed by atoms with Gasteiger partial charge in [-0.1, -0.05) is 41.7 Å². The van der Waals surface area contributed by atoms with E-state index in [1.165, 1.54) is 24.5 Å². The van der Waals surface area contributed by atoms with Crippen molar-refractivity contribution in [3.8, 4) is 0 Å². The van der Waals surface area contributed by atoms with Crippen LogP contribution in [0.1, 0.15) is 22.8 Å². The number of fused-ring (bicyclic) bond motifs is 1. The molecule has 0 aliphatic heterocycles. The molecule has 0 spiro atoms. The Hall–Kier alpha value is -3.52. The summed E-state index contributed by atoms with van der Waals surface area (Å²) in [5.74, 6) is -1.37. The van der Waals surface area contributed by atoms with Crippen LogP contribution in [-0.2, 0) is 25.6 Å². The third-order valence-corrected chi connectivity index (χ3v) is 5.16. The molecule has 0 bridgehead atoms. The van der Waals surface area contributed by atoms with E-state index in [2.05, 4.69) is 4.99 Å². The summed E-state index contributed by atoms with van der Waals surface area (Å²) >= 11 is 1.20. The van der Waals surface area contributed by atoms with Crippen LogP contribution in [0.3, 0.4) is 0 Å². The van der Waals surface area contributed by atoms with Gasteiger partial charge in [0.25, 0.3) is 5.91 Å². The number of amides is 1. The van der Waals surface area contributed by atoms with Gasteiger partial charge in [-0.25, -0.2) is 4.79 Å². The first-order valence-electron chi connectivity index (χ1n) is 9.21. The second-order valence-electron chi connectivity index (χ2n) is 6.14. The second kappa shape index (κ2) is 9.80. The SMILES string of the molecule is CCOC(=O)Cn1c(=NC(=O)/C=C/c2ccccc2)sc2cc(C(=O)OC)ccc21. The maximum absolute atomic E-state index is 12.4. The number of benzene rings is 2. The van der Waals surface area contributed by atoms with Gasteiger partial charge in [-0.05, 0) is 36.8 Å². The molecule has 0 aliphatic carbocycles. The highest BCUT2D eigenvalue weighted by Crippen LogP contribution is 2.20. The molecule has 0 saturated carbocycles. The largest absolute Gasteiger partial charge is 0.465 e. The number of carbonyl (C=O) groups is 3.